The fourth-order valence-corrected chi connectivity index (χ4v) is 2.60. The molecule has 0 unspecified atom stereocenters. The molecule has 0 atom stereocenters. The second-order valence-corrected chi connectivity index (χ2v) is 5.38. The summed E-state index contributed by atoms with van der Waals surface area (Å²) in [5, 5.41) is 1.19. The Balaban J connectivity index is 2.11. The fraction of sp³-hybridized carbons (Fsp3) is 0. The van der Waals surface area contributed by atoms with Crippen LogP contribution in [0, 0.1) is 0 Å². The number of pyridine rings is 1. The van der Waals surface area contributed by atoms with E-state index in [1.54, 1.807) is 24.4 Å². The highest BCUT2D eigenvalue weighted by Gasteiger charge is 2.15. The number of hydrogen-bond acceptors (Lipinski definition) is 3. The molecule has 0 fully saturated rings. The zero-order valence-corrected chi connectivity index (χ0v) is 12.9. The average Bonchev–Trinajstić information content (AvgIpc) is 2.49. The Morgan fingerprint density at radius 1 is 0.762 bits per heavy atom. The number of nitrogens with zero attached hydrogens (tertiary/aromatic N) is 3. The van der Waals surface area contributed by atoms with E-state index in [4.69, 9.17) is 34.8 Å². The summed E-state index contributed by atoms with van der Waals surface area (Å²) in [7, 11) is 0. The smallest absolute Gasteiger partial charge is 0.181 e. The molecule has 0 saturated carbocycles. The van der Waals surface area contributed by atoms with Crippen molar-refractivity contribution in [3.05, 3.63) is 64.0 Å². The van der Waals surface area contributed by atoms with Gasteiger partial charge in [-0.15, -0.1) is 0 Å². The first-order valence-corrected chi connectivity index (χ1v) is 7.19. The monoisotopic (exact) mass is 335 g/mol. The third kappa shape index (κ3) is 3.00. The van der Waals surface area contributed by atoms with E-state index in [9.17, 15) is 0 Å². The minimum atomic E-state index is 0.276. The maximum atomic E-state index is 6.26. The first-order valence-electron chi connectivity index (χ1n) is 6.05. The van der Waals surface area contributed by atoms with Gasteiger partial charge in [-0.05, 0) is 29.8 Å². The summed E-state index contributed by atoms with van der Waals surface area (Å²) < 4.78 is 0. The van der Waals surface area contributed by atoms with Crippen molar-refractivity contribution in [1.29, 1.82) is 0 Å². The van der Waals surface area contributed by atoms with Crippen molar-refractivity contribution >= 4 is 34.8 Å². The highest BCUT2D eigenvalue weighted by Crippen LogP contribution is 2.34. The summed E-state index contributed by atoms with van der Waals surface area (Å²) in [6.07, 6.45) is 1.66. The van der Waals surface area contributed by atoms with Gasteiger partial charge in [0.1, 0.15) is 16.0 Å². The highest BCUT2D eigenvalue weighted by molar-refractivity contribution is 6.38. The molecular weight excluding hydrogens is 329 g/mol. The van der Waals surface area contributed by atoms with Gasteiger partial charge in [0.2, 0.25) is 0 Å². The summed E-state index contributed by atoms with van der Waals surface area (Å²) in [6.45, 7) is 0. The normalized spacial score (nSPS) is 10.6. The molecule has 3 aromatic rings. The summed E-state index contributed by atoms with van der Waals surface area (Å²) in [4.78, 5) is 12.7. The molecule has 0 bridgehead atoms. The lowest BCUT2D eigenvalue weighted by Gasteiger charge is -2.08. The quantitative estimate of drug-likeness (QED) is 0.606. The third-order valence-corrected chi connectivity index (χ3v) is 3.65. The van der Waals surface area contributed by atoms with Crippen LogP contribution in [0.4, 0.5) is 0 Å². The van der Waals surface area contributed by atoms with Gasteiger partial charge in [-0.1, -0.05) is 53.0 Å². The highest BCUT2D eigenvalue weighted by atomic mass is 35.5. The van der Waals surface area contributed by atoms with E-state index in [-0.39, 0.29) is 10.3 Å². The Hall–Kier alpha value is -1.68. The fourth-order valence-electron chi connectivity index (χ4n) is 1.87. The minimum Gasteiger partial charge on any atom is -0.253 e. The van der Waals surface area contributed by atoms with Crippen LogP contribution in [0.2, 0.25) is 15.3 Å². The van der Waals surface area contributed by atoms with Crippen molar-refractivity contribution in [2.75, 3.05) is 0 Å². The lowest BCUT2D eigenvalue weighted by molar-refractivity contribution is 1.14. The van der Waals surface area contributed by atoms with Gasteiger partial charge in [0.25, 0.3) is 0 Å². The van der Waals surface area contributed by atoms with Crippen LogP contribution in [-0.4, -0.2) is 15.0 Å². The molecule has 0 saturated heterocycles. The molecule has 6 heteroatoms. The van der Waals surface area contributed by atoms with E-state index < -0.39 is 0 Å². The Morgan fingerprint density at radius 2 is 1.43 bits per heavy atom. The Morgan fingerprint density at radius 3 is 2.00 bits per heavy atom. The van der Waals surface area contributed by atoms with Gasteiger partial charge >= 0.3 is 0 Å². The first-order chi connectivity index (χ1) is 10.1. The van der Waals surface area contributed by atoms with E-state index in [1.807, 2.05) is 24.3 Å². The van der Waals surface area contributed by atoms with E-state index in [1.165, 1.54) is 0 Å². The topological polar surface area (TPSA) is 38.7 Å². The van der Waals surface area contributed by atoms with Gasteiger partial charge in [-0.25, -0.2) is 9.97 Å². The van der Waals surface area contributed by atoms with Crippen molar-refractivity contribution in [3.8, 4) is 22.6 Å². The van der Waals surface area contributed by atoms with Crippen LogP contribution in [0.3, 0.4) is 0 Å². The van der Waals surface area contributed by atoms with Crippen LogP contribution in [0.15, 0.2) is 48.7 Å². The lowest BCUT2D eigenvalue weighted by Crippen LogP contribution is -1.95. The number of hydrogen-bond donors (Lipinski definition) is 0. The molecule has 0 spiro atoms. The SMILES string of the molecule is Clc1ccc(-c2c(Cl)nc(-c3ccccn3)nc2Cl)cc1. The van der Waals surface area contributed by atoms with E-state index in [2.05, 4.69) is 15.0 Å². The molecule has 21 heavy (non-hydrogen) atoms. The second kappa shape index (κ2) is 5.98. The number of aromatic nitrogens is 3. The third-order valence-electron chi connectivity index (χ3n) is 2.85. The van der Waals surface area contributed by atoms with Gasteiger partial charge in [-0.3, -0.25) is 4.98 Å². The summed E-state index contributed by atoms with van der Waals surface area (Å²) in [6, 6.07) is 12.6. The van der Waals surface area contributed by atoms with Gasteiger partial charge in [0, 0.05) is 11.2 Å². The van der Waals surface area contributed by atoms with Gasteiger partial charge < -0.3 is 0 Å². The van der Waals surface area contributed by atoms with E-state index >= 15 is 0 Å². The number of rotatable bonds is 2. The van der Waals surface area contributed by atoms with Crippen LogP contribution in [0.1, 0.15) is 0 Å². The summed E-state index contributed by atoms with van der Waals surface area (Å²) in [5.41, 5.74) is 2.00. The van der Waals surface area contributed by atoms with E-state index in [0.29, 0.717) is 22.1 Å². The largest absolute Gasteiger partial charge is 0.253 e. The van der Waals surface area contributed by atoms with Crippen molar-refractivity contribution in [3.63, 3.8) is 0 Å². The zero-order chi connectivity index (χ0) is 14.8. The molecule has 0 aliphatic carbocycles. The van der Waals surface area contributed by atoms with Gasteiger partial charge in [-0.2, -0.15) is 0 Å². The predicted octanol–water partition coefficient (Wildman–Crippen LogP) is 5.17. The van der Waals surface area contributed by atoms with Crippen LogP contribution in [0.25, 0.3) is 22.6 Å². The molecule has 0 aliphatic rings. The van der Waals surface area contributed by atoms with Gasteiger partial charge in [0.15, 0.2) is 5.82 Å². The molecule has 3 rings (SSSR count). The number of benzene rings is 1. The minimum absolute atomic E-state index is 0.276. The number of halogens is 3. The van der Waals surface area contributed by atoms with Crippen molar-refractivity contribution in [1.82, 2.24) is 15.0 Å². The molecule has 2 aromatic heterocycles. The molecule has 0 amide bonds. The summed E-state index contributed by atoms with van der Waals surface area (Å²) in [5.74, 6) is 0.392. The second-order valence-electron chi connectivity index (χ2n) is 4.23. The predicted molar refractivity (Wildman–Crippen MR) is 85.7 cm³/mol. The molecule has 1 aromatic carbocycles. The molecule has 3 nitrogen and oxygen atoms in total. The van der Waals surface area contributed by atoms with Crippen LogP contribution >= 0.6 is 34.8 Å². The van der Waals surface area contributed by atoms with Crippen molar-refractivity contribution < 1.29 is 0 Å². The molecule has 0 aliphatic heterocycles. The molecule has 104 valence electrons. The van der Waals surface area contributed by atoms with E-state index in [0.717, 1.165) is 5.56 Å². The molecular formula is C15H8Cl3N3. The van der Waals surface area contributed by atoms with Crippen LogP contribution < -0.4 is 0 Å². The first kappa shape index (κ1) is 14.3. The Kier molecular flexibility index (Phi) is 4.06. The maximum Gasteiger partial charge on any atom is 0.181 e. The zero-order valence-electron chi connectivity index (χ0n) is 10.6. The maximum absolute atomic E-state index is 6.26. The van der Waals surface area contributed by atoms with Crippen LogP contribution in [-0.2, 0) is 0 Å². The summed E-state index contributed by atoms with van der Waals surface area (Å²) >= 11 is 18.4. The average molecular weight is 337 g/mol. The lowest BCUT2D eigenvalue weighted by atomic mass is 10.1. The molecule has 0 N–H and O–H groups in total. The standard InChI is InChI=1S/C15H8Cl3N3/c16-10-6-4-9(5-7-10)12-13(17)20-15(21-14(12)18)11-3-1-2-8-19-11/h1-8H. The molecule has 0 radical (unpaired) electrons. The van der Waals surface area contributed by atoms with Crippen molar-refractivity contribution in [2.45, 2.75) is 0 Å². The Labute approximate surface area is 136 Å². The van der Waals surface area contributed by atoms with Crippen molar-refractivity contribution in [2.24, 2.45) is 0 Å². The van der Waals surface area contributed by atoms with Crippen LogP contribution in [0.5, 0.6) is 0 Å². The molecule has 2 heterocycles. The van der Waals surface area contributed by atoms with Gasteiger partial charge in [0.05, 0.1) is 5.56 Å². The Bertz CT molecular complexity index is 751.